The Balaban J connectivity index is 2.83. The molecular formula is C21H27Cl. The van der Waals surface area contributed by atoms with Gasteiger partial charge in [-0.15, -0.1) is 0 Å². The predicted molar refractivity (Wildman–Crippen MR) is 99.2 cm³/mol. The first kappa shape index (κ1) is 17.1. The number of benzene rings is 2. The van der Waals surface area contributed by atoms with Gasteiger partial charge >= 0.3 is 0 Å². The summed E-state index contributed by atoms with van der Waals surface area (Å²) >= 11 is 6.51. The Morgan fingerprint density at radius 2 is 1.23 bits per heavy atom. The molecule has 0 heterocycles. The summed E-state index contributed by atoms with van der Waals surface area (Å²) in [6.07, 6.45) is 0. The molecule has 0 fully saturated rings. The van der Waals surface area contributed by atoms with E-state index in [2.05, 4.69) is 65.8 Å². The Kier molecular flexibility index (Phi) is 5.34. The summed E-state index contributed by atoms with van der Waals surface area (Å²) in [5, 5.41) is 0.837. The van der Waals surface area contributed by atoms with Crippen molar-refractivity contribution < 1.29 is 0 Å². The molecule has 0 radical (unpaired) electrons. The SMILES string of the molecule is CC(C)c1cc(C(C)C)c(-c2ccccc2Cl)c(C(C)C)c1. The van der Waals surface area contributed by atoms with Crippen LogP contribution in [0.3, 0.4) is 0 Å². The van der Waals surface area contributed by atoms with E-state index in [0.717, 1.165) is 10.6 Å². The number of halogens is 1. The smallest absolute Gasteiger partial charge is 0.0484 e. The van der Waals surface area contributed by atoms with Crippen LogP contribution in [-0.2, 0) is 0 Å². The van der Waals surface area contributed by atoms with E-state index in [1.807, 2.05) is 12.1 Å². The first-order valence-corrected chi connectivity index (χ1v) is 8.63. The molecule has 0 spiro atoms. The summed E-state index contributed by atoms with van der Waals surface area (Å²) in [5.74, 6) is 1.49. The van der Waals surface area contributed by atoms with Gasteiger partial charge in [-0.1, -0.05) is 83.5 Å². The molecular weight excluding hydrogens is 288 g/mol. The minimum atomic E-state index is 0.475. The Labute approximate surface area is 140 Å². The zero-order valence-electron chi connectivity index (χ0n) is 14.6. The van der Waals surface area contributed by atoms with Gasteiger partial charge < -0.3 is 0 Å². The zero-order chi connectivity index (χ0) is 16.4. The van der Waals surface area contributed by atoms with Gasteiger partial charge in [-0.2, -0.15) is 0 Å². The lowest BCUT2D eigenvalue weighted by atomic mass is 9.82. The standard InChI is InChI=1S/C21H27Cl/c1-13(2)16-11-18(14(3)4)21(19(12-16)15(5)6)17-9-7-8-10-20(17)22/h7-15H,1-6H3. The zero-order valence-corrected chi connectivity index (χ0v) is 15.3. The molecule has 118 valence electrons. The Hall–Kier alpha value is -1.27. The fourth-order valence-electron chi connectivity index (χ4n) is 2.93. The fourth-order valence-corrected chi connectivity index (χ4v) is 3.16. The van der Waals surface area contributed by atoms with Crippen LogP contribution in [0, 0.1) is 0 Å². The van der Waals surface area contributed by atoms with E-state index >= 15 is 0 Å². The van der Waals surface area contributed by atoms with Gasteiger partial charge in [-0.25, -0.2) is 0 Å². The van der Waals surface area contributed by atoms with Crippen LogP contribution in [0.4, 0.5) is 0 Å². The molecule has 0 unspecified atom stereocenters. The van der Waals surface area contributed by atoms with Crippen molar-refractivity contribution in [3.8, 4) is 11.1 Å². The molecule has 0 N–H and O–H groups in total. The molecule has 2 aromatic rings. The average Bonchev–Trinajstić information content (AvgIpc) is 2.46. The van der Waals surface area contributed by atoms with Gasteiger partial charge in [-0.3, -0.25) is 0 Å². The topological polar surface area (TPSA) is 0 Å². The van der Waals surface area contributed by atoms with Crippen LogP contribution in [0.1, 0.15) is 76.0 Å². The van der Waals surface area contributed by atoms with Gasteiger partial charge in [0.25, 0.3) is 0 Å². The van der Waals surface area contributed by atoms with Crippen molar-refractivity contribution in [2.24, 2.45) is 0 Å². The third-order valence-corrected chi connectivity index (χ3v) is 4.61. The average molecular weight is 315 g/mol. The van der Waals surface area contributed by atoms with Crippen LogP contribution in [0.25, 0.3) is 11.1 Å². The third-order valence-electron chi connectivity index (χ3n) is 4.28. The van der Waals surface area contributed by atoms with E-state index in [4.69, 9.17) is 11.6 Å². The monoisotopic (exact) mass is 314 g/mol. The Morgan fingerprint density at radius 3 is 1.64 bits per heavy atom. The predicted octanol–water partition coefficient (Wildman–Crippen LogP) is 7.38. The molecule has 2 aromatic carbocycles. The summed E-state index contributed by atoms with van der Waals surface area (Å²) in [7, 11) is 0. The summed E-state index contributed by atoms with van der Waals surface area (Å²) in [5.41, 5.74) is 6.72. The maximum absolute atomic E-state index is 6.51. The van der Waals surface area contributed by atoms with Crippen molar-refractivity contribution in [1.82, 2.24) is 0 Å². The molecule has 0 saturated carbocycles. The van der Waals surface area contributed by atoms with Gasteiger partial charge in [0.2, 0.25) is 0 Å². The highest BCUT2D eigenvalue weighted by atomic mass is 35.5. The maximum atomic E-state index is 6.51. The molecule has 0 bridgehead atoms. The quantitative estimate of drug-likeness (QED) is 0.552. The number of hydrogen-bond donors (Lipinski definition) is 0. The summed E-state index contributed by atoms with van der Waals surface area (Å²) < 4.78 is 0. The van der Waals surface area contributed by atoms with Gasteiger partial charge in [-0.05, 0) is 46.1 Å². The number of rotatable bonds is 4. The van der Waals surface area contributed by atoms with Gasteiger partial charge in [0, 0.05) is 10.6 Å². The van der Waals surface area contributed by atoms with Crippen LogP contribution in [0.5, 0.6) is 0 Å². The van der Waals surface area contributed by atoms with E-state index in [1.165, 1.54) is 22.3 Å². The molecule has 0 atom stereocenters. The van der Waals surface area contributed by atoms with E-state index in [0.29, 0.717) is 17.8 Å². The fraction of sp³-hybridized carbons (Fsp3) is 0.429. The second-order valence-corrected chi connectivity index (χ2v) is 7.43. The molecule has 0 saturated heterocycles. The lowest BCUT2D eigenvalue weighted by molar-refractivity contribution is 0.807. The Morgan fingerprint density at radius 1 is 0.727 bits per heavy atom. The summed E-state index contributed by atoms with van der Waals surface area (Å²) in [4.78, 5) is 0. The van der Waals surface area contributed by atoms with Crippen LogP contribution in [0.15, 0.2) is 36.4 Å². The minimum Gasteiger partial charge on any atom is -0.0837 e. The van der Waals surface area contributed by atoms with Crippen molar-refractivity contribution in [1.29, 1.82) is 0 Å². The van der Waals surface area contributed by atoms with Gasteiger partial charge in [0.05, 0.1) is 0 Å². The molecule has 0 aromatic heterocycles. The van der Waals surface area contributed by atoms with Crippen LogP contribution in [-0.4, -0.2) is 0 Å². The normalized spacial score (nSPS) is 11.7. The van der Waals surface area contributed by atoms with Crippen molar-refractivity contribution in [2.45, 2.75) is 59.3 Å². The Bertz CT molecular complexity index is 622. The van der Waals surface area contributed by atoms with Crippen molar-refractivity contribution in [3.63, 3.8) is 0 Å². The van der Waals surface area contributed by atoms with Crippen molar-refractivity contribution in [2.75, 3.05) is 0 Å². The molecule has 0 amide bonds. The number of hydrogen-bond acceptors (Lipinski definition) is 0. The highest BCUT2D eigenvalue weighted by Crippen LogP contribution is 2.41. The van der Waals surface area contributed by atoms with E-state index < -0.39 is 0 Å². The lowest BCUT2D eigenvalue weighted by Crippen LogP contribution is -2.03. The third kappa shape index (κ3) is 3.38. The summed E-state index contributed by atoms with van der Waals surface area (Å²) in [6, 6.07) is 13.0. The minimum absolute atomic E-state index is 0.475. The van der Waals surface area contributed by atoms with E-state index in [1.54, 1.807) is 0 Å². The highest BCUT2D eigenvalue weighted by Gasteiger charge is 2.19. The second-order valence-electron chi connectivity index (χ2n) is 7.02. The molecule has 0 nitrogen and oxygen atoms in total. The highest BCUT2D eigenvalue weighted by molar-refractivity contribution is 6.33. The first-order valence-electron chi connectivity index (χ1n) is 8.25. The molecule has 2 rings (SSSR count). The molecule has 0 aliphatic rings. The largest absolute Gasteiger partial charge is 0.0837 e. The molecule has 1 heteroatoms. The van der Waals surface area contributed by atoms with Crippen LogP contribution in [0.2, 0.25) is 5.02 Å². The summed E-state index contributed by atoms with van der Waals surface area (Å²) in [6.45, 7) is 13.6. The van der Waals surface area contributed by atoms with Crippen molar-refractivity contribution in [3.05, 3.63) is 58.1 Å². The second kappa shape index (κ2) is 6.87. The molecule has 22 heavy (non-hydrogen) atoms. The van der Waals surface area contributed by atoms with E-state index in [-0.39, 0.29) is 0 Å². The van der Waals surface area contributed by atoms with Gasteiger partial charge in [0.1, 0.15) is 0 Å². The maximum Gasteiger partial charge on any atom is 0.0484 e. The van der Waals surface area contributed by atoms with Crippen LogP contribution >= 0.6 is 11.6 Å². The first-order chi connectivity index (χ1) is 10.3. The molecule has 0 aliphatic carbocycles. The lowest BCUT2D eigenvalue weighted by Gasteiger charge is -2.23. The van der Waals surface area contributed by atoms with Crippen LogP contribution < -0.4 is 0 Å². The molecule has 0 aliphatic heterocycles. The van der Waals surface area contributed by atoms with Crippen molar-refractivity contribution >= 4 is 11.6 Å². The van der Waals surface area contributed by atoms with E-state index in [9.17, 15) is 0 Å². The van der Waals surface area contributed by atoms with Gasteiger partial charge in [0.15, 0.2) is 0 Å².